The molecule has 2 amide bonds. The maximum atomic E-state index is 12.9. The van der Waals surface area contributed by atoms with E-state index in [2.05, 4.69) is 5.10 Å². The summed E-state index contributed by atoms with van der Waals surface area (Å²) in [5.74, 6) is -0.916. The van der Waals surface area contributed by atoms with Crippen LogP contribution in [0.25, 0.3) is 0 Å². The van der Waals surface area contributed by atoms with Crippen molar-refractivity contribution in [3.63, 3.8) is 0 Å². The molecular weight excluding hydrogens is 392 g/mol. The fourth-order valence-corrected chi connectivity index (χ4v) is 6.30. The van der Waals surface area contributed by atoms with E-state index in [0.29, 0.717) is 13.1 Å². The van der Waals surface area contributed by atoms with Gasteiger partial charge in [-0.3, -0.25) is 14.3 Å². The highest BCUT2D eigenvalue weighted by Crippen LogP contribution is 2.40. The molecule has 154 valence electrons. The highest BCUT2D eigenvalue weighted by atomic mass is 32.2. The zero-order valence-corrected chi connectivity index (χ0v) is 17.1. The molecule has 0 radical (unpaired) electrons. The largest absolute Gasteiger partial charge is 0.341 e. The van der Waals surface area contributed by atoms with Crippen molar-refractivity contribution in [3.8, 4) is 0 Å². The third-order valence-corrected chi connectivity index (χ3v) is 8.24. The van der Waals surface area contributed by atoms with Gasteiger partial charge in [-0.1, -0.05) is 30.3 Å². The number of benzene rings is 1. The first-order chi connectivity index (χ1) is 13.8. The monoisotopic (exact) mass is 416 g/mol. The second-order valence-corrected chi connectivity index (χ2v) is 10.0. The lowest BCUT2D eigenvalue weighted by Crippen LogP contribution is -2.57. The molecule has 0 bridgehead atoms. The predicted molar refractivity (Wildman–Crippen MR) is 106 cm³/mol. The quantitative estimate of drug-likeness (QED) is 0.740. The number of carbonyl (C=O) groups excluding carboxylic acids is 2. The summed E-state index contributed by atoms with van der Waals surface area (Å²) < 4.78 is 27.5. The molecule has 2 aliphatic rings. The van der Waals surface area contributed by atoms with Crippen LogP contribution in [0.3, 0.4) is 0 Å². The highest BCUT2D eigenvalue weighted by molar-refractivity contribution is 7.93. The number of nitrogens with zero attached hydrogens (tertiary/aromatic N) is 4. The zero-order valence-electron chi connectivity index (χ0n) is 16.3. The molecule has 9 heteroatoms. The van der Waals surface area contributed by atoms with Crippen LogP contribution < -0.4 is 0 Å². The van der Waals surface area contributed by atoms with E-state index < -0.39 is 20.5 Å². The van der Waals surface area contributed by atoms with Crippen molar-refractivity contribution in [2.75, 3.05) is 18.8 Å². The lowest BCUT2D eigenvalue weighted by molar-refractivity contribution is -0.136. The second kappa shape index (κ2) is 7.29. The Balaban J connectivity index is 1.50. The molecule has 1 spiro atoms. The number of carbonyl (C=O) groups is 2. The van der Waals surface area contributed by atoms with Crippen LogP contribution in [0.5, 0.6) is 0 Å². The lowest BCUT2D eigenvalue weighted by atomic mass is 10.0. The maximum absolute atomic E-state index is 12.9. The van der Waals surface area contributed by atoms with E-state index in [-0.39, 0.29) is 37.7 Å². The molecule has 29 heavy (non-hydrogen) atoms. The number of hydrogen-bond donors (Lipinski definition) is 0. The zero-order chi connectivity index (χ0) is 20.6. The summed E-state index contributed by atoms with van der Waals surface area (Å²) >= 11 is 0. The summed E-state index contributed by atoms with van der Waals surface area (Å²) in [6.45, 7) is 2.90. The normalized spacial score (nSPS) is 20.4. The van der Waals surface area contributed by atoms with Crippen molar-refractivity contribution < 1.29 is 18.0 Å². The van der Waals surface area contributed by atoms with Gasteiger partial charge < -0.3 is 9.80 Å². The van der Waals surface area contributed by atoms with Gasteiger partial charge in [0, 0.05) is 38.7 Å². The number of hydrogen-bond acceptors (Lipinski definition) is 5. The van der Waals surface area contributed by atoms with Crippen LogP contribution in [0.1, 0.15) is 24.0 Å². The highest BCUT2D eigenvalue weighted by Gasteiger charge is 2.58. The minimum absolute atomic E-state index is 0.0979. The Hall–Kier alpha value is -2.68. The van der Waals surface area contributed by atoms with E-state index in [1.54, 1.807) is 22.0 Å². The summed E-state index contributed by atoms with van der Waals surface area (Å²) in [6, 6.07) is 9.39. The fraction of sp³-hybridized carbons (Fsp3) is 0.450. The molecule has 4 rings (SSSR count). The van der Waals surface area contributed by atoms with E-state index in [9.17, 15) is 18.0 Å². The molecule has 0 unspecified atom stereocenters. The number of likely N-dealkylation sites (tertiary alicyclic amines) is 1. The summed E-state index contributed by atoms with van der Waals surface area (Å²) in [4.78, 5) is 27.1. The van der Waals surface area contributed by atoms with Gasteiger partial charge in [0.2, 0.25) is 11.8 Å². The van der Waals surface area contributed by atoms with Crippen LogP contribution in [0.2, 0.25) is 0 Å². The Kier molecular flexibility index (Phi) is 4.94. The first-order valence-electron chi connectivity index (χ1n) is 9.64. The van der Waals surface area contributed by atoms with Crippen LogP contribution in [0.15, 0.2) is 42.7 Å². The minimum Gasteiger partial charge on any atom is -0.341 e. The van der Waals surface area contributed by atoms with E-state index in [0.717, 1.165) is 11.1 Å². The van der Waals surface area contributed by atoms with Gasteiger partial charge in [0.1, 0.15) is 17.2 Å². The van der Waals surface area contributed by atoms with Crippen LogP contribution in [0.4, 0.5) is 0 Å². The van der Waals surface area contributed by atoms with Crippen molar-refractivity contribution in [3.05, 3.63) is 53.9 Å². The van der Waals surface area contributed by atoms with E-state index >= 15 is 0 Å². The van der Waals surface area contributed by atoms with Gasteiger partial charge in [-0.05, 0) is 18.1 Å². The topological polar surface area (TPSA) is 92.6 Å². The Morgan fingerprint density at radius 1 is 1.17 bits per heavy atom. The molecule has 2 saturated heterocycles. The molecule has 1 aromatic heterocycles. The summed E-state index contributed by atoms with van der Waals surface area (Å²) in [5.41, 5.74) is 1.87. The lowest BCUT2D eigenvalue weighted by Gasteiger charge is -2.43. The van der Waals surface area contributed by atoms with Crippen LogP contribution in [-0.2, 0) is 32.5 Å². The average Bonchev–Trinajstić information content (AvgIpc) is 3.17. The Morgan fingerprint density at radius 2 is 1.86 bits per heavy atom. The summed E-state index contributed by atoms with van der Waals surface area (Å²) in [5, 5.41) is 4.13. The Bertz CT molecular complexity index is 1020. The second-order valence-electron chi connectivity index (χ2n) is 7.77. The SMILES string of the molecule is Cc1cnn(CC(=O)N2CCC3(CC2)N(Cc2ccccc2)C(=O)CS3(=O)=O)c1. The average molecular weight is 417 g/mol. The molecule has 1 aromatic carbocycles. The third kappa shape index (κ3) is 3.55. The van der Waals surface area contributed by atoms with Gasteiger partial charge in [-0.2, -0.15) is 5.10 Å². The maximum Gasteiger partial charge on any atom is 0.244 e. The van der Waals surface area contributed by atoms with Gasteiger partial charge in [0.15, 0.2) is 9.84 Å². The molecule has 3 heterocycles. The van der Waals surface area contributed by atoms with Crippen molar-refractivity contribution in [1.29, 1.82) is 0 Å². The number of sulfone groups is 1. The fourth-order valence-electron chi connectivity index (χ4n) is 4.25. The molecule has 0 aliphatic carbocycles. The van der Waals surface area contributed by atoms with E-state index in [1.807, 2.05) is 37.3 Å². The smallest absolute Gasteiger partial charge is 0.244 e. The number of piperidine rings is 1. The summed E-state index contributed by atoms with van der Waals surface area (Å²) in [7, 11) is -3.61. The summed E-state index contributed by atoms with van der Waals surface area (Å²) in [6.07, 6.45) is 3.96. The molecule has 2 aromatic rings. The molecule has 2 fully saturated rings. The van der Waals surface area contributed by atoms with Gasteiger partial charge in [0.25, 0.3) is 0 Å². The van der Waals surface area contributed by atoms with Crippen LogP contribution in [-0.4, -0.2) is 63.5 Å². The first-order valence-corrected chi connectivity index (χ1v) is 11.3. The number of rotatable bonds is 4. The van der Waals surface area contributed by atoms with Crippen LogP contribution in [0, 0.1) is 6.92 Å². The van der Waals surface area contributed by atoms with E-state index in [1.165, 1.54) is 4.90 Å². The van der Waals surface area contributed by atoms with Crippen molar-refractivity contribution in [2.45, 2.75) is 37.7 Å². The third-order valence-electron chi connectivity index (χ3n) is 5.83. The predicted octanol–water partition coefficient (Wildman–Crippen LogP) is 0.967. The van der Waals surface area contributed by atoms with Crippen molar-refractivity contribution in [2.24, 2.45) is 0 Å². The first kappa shape index (κ1) is 19.6. The minimum atomic E-state index is -3.61. The molecule has 0 atom stereocenters. The number of amides is 2. The molecule has 0 N–H and O–H groups in total. The van der Waals surface area contributed by atoms with Gasteiger partial charge in [-0.15, -0.1) is 0 Å². The molecular formula is C20H24N4O4S. The van der Waals surface area contributed by atoms with Gasteiger partial charge >= 0.3 is 0 Å². The molecule has 8 nitrogen and oxygen atoms in total. The number of aromatic nitrogens is 2. The van der Waals surface area contributed by atoms with Crippen LogP contribution >= 0.6 is 0 Å². The Morgan fingerprint density at radius 3 is 2.48 bits per heavy atom. The van der Waals surface area contributed by atoms with Gasteiger partial charge in [-0.25, -0.2) is 8.42 Å². The number of aryl methyl sites for hydroxylation is 1. The standard InChI is InChI=1S/C20H24N4O4S/c1-16-11-21-23(12-16)14-18(25)22-9-7-20(8-10-22)24(19(26)15-29(20,27)28)13-17-5-3-2-4-6-17/h2-6,11-12H,7-10,13-15H2,1H3. The van der Waals surface area contributed by atoms with Gasteiger partial charge in [0.05, 0.1) is 6.20 Å². The molecule has 0 saturated carbocycles. The van der Waals surface area contributed by atoms with Crippen molar-refractivity contribution in [1.82, 2.24) is 19.6 Å². The Labute approximate surface area is 170 Å². The van der Waals surface area contributed by atoms with E-state index in [4.69, 9.17) is 0 Å². The molecule has 2 aliphatic heterocycles. The van der Waals surface area contributed by atoms with Crippen molar-refractivity contribution >= 4 is 21.7 Å².